The van der Waals surface area contributed by atoms with Crippen molar-refractivity contribution in [2.24, 2.45) is 10.2 Å². The molecular weight excluding hydrogens is 440 g/mol. The Morgan fingerprint density at radius 2 is 1.00 bits per heavy atom. The third-order valence-electron chi connectivity index (χ3n) is 4.82. The fraction of sp³-hybridized carbons (Fsp3) is 0. The highest BCUT2D eigenvalue weighted by Gasteiger charge is 2.12. The van der Waals surface area contributed by atoms with E-state index in [0.717, 1.165) is 21.5 Å². The van der Waals surface area contributed by atoms with E-state index >= 15 is 0 Å². The molecule has 4 aromatic rings. The molecule has 174 valence electrons. The third-order valence-corrected chi connectivity index (χ3v) is 4.82. The van der Waals surface area contributed by atoms with Gasteiger partial charge >= 0.3 is 11.8 Å². The van der Waals surface area contributed by atoms with Gasteiger partial charge in [-0.05, 0) is 33.7 Å². The molecule has 2 amide bonds. The van der Waals surface area contributed by atoms with Crippen molar-refractivity contribution in [2.75, 3.05) is 0 Å². The molecule has 0 aliphatic carbocycles. The molecule has 34 heavy (non-hydrogen) atoms. The monoisotopic (exact) mass is 462 g/mol. The van der Waals surface area contributed by atoms with Crippen LogP contribution in [0.1, 0.15) is 11.1 Å². The van der Waals surface area contributed by atoms with Gasteiger partial charge in [0.25, 0.3) is 0 Å². The fourth-order valence-corrected chi connectivity index (χ4v) is 3.25. The number of nitrogens with zero attached hydrogens (tertiary/aromatic N) is 2. The molecule has 0 saturated heterocycles. The number of phenols is 2. The lowest BCUT2D eigenvalue weighted by atomic mass is 10.0. The second-order valence-corrected chi connectivity index (χ2v) is 6.84. The number of hydrogen-bond donors (Lipinski definition) is 4. The van der Waals surface area contributed by atoms with Crippen LogP contribution in [0.3, 0.4) is 0 Å². The van der Waals surface area contributed by atoms with Crippen LogP contribution in [0.25, 0.3) is 21.5 Å². The molecule has 8 N–H and O–H groups in total. The number of amides is 2. The summed E-state index contributed by atoms with van der Waals surface area (Å²) in [5, 5.41) is 31.0. The van der Waals surface area contributed by atoms with Crippen LogP contribution in [-0.2, 0) is 9.59 Å². The first-order valence-electron chi connectivity index (χ1n) is 9.62. The molecule has 0 bridgehead atoms. The SMILES string of the molecule is O.O.O=C(N/N=C/c1c(O)ccc2ccccc12)C(=O)N/N=C/c1c(O)ccc2ccccc12. The van der Waals surface area contributed by atoms with Gasteiger partial charge in [-0.25, -0.2) is 10.9 Å². The first-order valence-corrected chi connectivity index (χ1v) is 9.62. The van der Waals surface area contributed by atoms with E-state index in [1.54, 1.807) is 12.1 Å². The Morgan fingerprint density at radius 3 is 1.41 bits per heavy atom. The van der Waals surface area contributed by atoms with Crippen LogP contribution in [0, 0.1) is 0 Å². The number of phenolic OH excluding ortho intramolecular Hbond substituents is 2. The summed E-state index contributed by atoms with van der Waals surface area (Å²) in [6, 6.07) is 21.3. The second kappa shape index (κ2) is 11.2. The zero-order chi connectivity index (χ0) is 22.5. The number of hydrazone groups is 2. The second-order valence-electron chi connectivity index (χ2n) is 6.84. The summed E-state index contributed by atoms with van der Waals surface area (Å²) in [4.78, 5) is 24.0. The van der Waals surface area contributed by atoms with Crippen LogP contribution in [0.15, 0.2) is 83.0 Å². The van der Waals surface area contributed by atoms with Crippen LogP contribution in [0.5, 0.6) is 11.5 Å². The average Bonchev–Trinajstić information content (AvgIpc) is 2.81. The fourth-order valence-electron chi connectivity index (χ4n) is 3.25. The Hall–Kier alpha value is -4.80. The van der Waals surface area contributed by atoms with E-state index in [1.165, 1.54) is 24.6 Å². The van der Waals surface area contributed by atoms with Gasteiger partial charge in [0.1, 0.15) is 11.5 Å². The maximum Gasteiger partial charge on any atom is 0.331 e. The summed E-state index contributed by atoms with van der Waals surface area (Å²) >= 11 is 0. The van der Waals surface area contributed by atoms with Crippen molar-refractivity contribution >= 4 is 45.8 Å². The summed E-state index contributed by atoms with van der Waals surface area (Å²) in [5.41, 5.74) is 5.01. The van der Waals surface area contributed by atoms with E-state index in [1.807, 2.05) is 48.5 Å². The number of nitrogens with one attached hydrogen (secondary N) is 2. The molecule has 10 nitrogen and oxygen atoms in total. The number of aromatic hydroxyl groups is 2. The first kappa shape index (κ1) is 25.5. The van der Waals surface area contributed by atoms with Crippen LogP contribution >= 0.6 is 0 Å². The summed E-state index contributed by atoms with van der Waals surface area (Å²) < 4.78 is 0. The molecule has 0 aliphatic heterocycles. The predicted molar refractivity (Wildman–Crippen MR) is 130 cm³/mol. The zero-order valence-electron chi connectivity index (χ0n) is 17.7. The third kappa shape index (κ3) is 5.33. The molecule has 0 aromatic heterocycles. The topological polar surface area (TPSA) is 186 Å². The molecule has 4 rings (SSSR count). The van der Waals surface area contributed by atoms with E-state index < -0.39 is 11.8 Å². The Kier molecular flexibility index (Phi) is 8.37. The van der Waals surface area contributed by atoms with Crippen LogP contribution in [0.4, 0.5) is 0 Å². The quantitative estimate of drug-likeness (QED) is 0.203. The van der Waals surface area contributed by atoms with E-state index in [4.69, 9.17) is 0 Å². The summed E-state index contributed by atoms with van der Waals surface area (Å²) in [7, 11) is 0. The molecule has 0 radical (unpaired) electrons. The highest BCUT2D eigenvalue weighted by Crippen LogP contribution is 2.26. The highest BCUT2D eigenvalue weighted by molar-refractivity contribution is 6.35. The molecule has 0 atom stereocenters. The maximum atomic E-state index is 12.0. The normalized spacial score (nSPS) is 10.7. The zero-order valence-corrected chi connectivity index (χ0v) is 17.7. The lowest BCUT2D eigenvalue weighted by molar-refractivity contribution is -0.139. The minimum absolute atomic E-state index is 0. The van der Waals surface area contributed by atoms with Crippen LogP contribution < -0.4 is 10.9 Å². The number of rotatable bonds is 4. The van der Waals surface area contributed by atoms with Crippen LogP contribution in [-0.4, -0.2) is 45.4 Å². The Morgan fingerprint density at radius 1 is 0.618 bits per heavy atom. The summed E-state index contributed by atoms with van der Waals surface area (Å²) in [6.45, 7) is 0. The minimum atomic E-state index is -1.04. The average molecular weight is 462 g/mol. The molecule has 0 fully saturated rings. The largest absolute Gasteiger partial charge is 0.507 e. The van der Waals surface area contributed by atoms with Gasteiger partial charge in [-0.3, -0.25) is 9.59 Å². The molecule has 0 heterocycles. The summed E-state index contributed by atoms with van der Waals surface area (Å²) in [5.74, 6) is -2.10. The molecule has 0 unspecified atom stereocenters. The number of fused-ring (bicyclic) bond motifs is 2. The molecule has 0 saturated carbocycles. The highest BCUT2D eigenvalue weighted by atomic mass is 16.3. The van der Waals surface area contributed by atoms with Gasteiger partial charge in [0.15, 0.2) is 0 Å². The maximum absolute atomic E-state index is 12.0. The smallest absolute Gasteiger partial charge is 0.331 e. The van der Waals surface area contributed by atoms with Gasteiger partial charge in [-0.15, -0.1) is 0 Å². The molecule has 10 heteroatoms. The van der Waals surface area contributed by atoms with E-state index in [2.05, 4.69) is 21.1 Å². The van der Waals surface area contributed by atoms with Crippen molar-refractivity contribution in [2.45, 2.75) is 0 Å². The van der Waals surface area contributed by atoms with E-state index in [9.17, 15) is 19.8 Å². The van der Waals surface area contributed by atoms with Gasteiger partial charge in [-0.1, -0.05) is 60.7 Å². The van der Waals surface area contributed by atoms with Crippen molar-refractivity contribution in [1.29, 1.82) is 0 Å². The standard InChI is InChI=1S/C24H18N4O4.2H2O/c29-21-11-9-15-5-1-3-7-17(15)19(21)13-25-27-23(31)24(32)28-26-14-20-18-8-4-2-6-16(18)10-12-22(20)30;;/h1-14,29-30H,(H,27,31)(H,28,32);2*1H2/b25-13+,26-14+;;. The molecule has 0 spiro atoms. The van der Waals surface area contributed by atoms with Gasteiger partial charge in [0.05, 0.1) is 12.4 Å². The van der Waals surface area contributed by atoms with Crippen molar-refractivity contribution in [3.8, 4) is 11.5 Å². The van der Waals surface area contributed by atoms with Gasteiger partial charge in [0, 0.05) is 11.1 Å². The molecule has 0 aliphatic rings. The first-order chi connectivity index (χ1) is 15.5. The van der Waals surface area contributed by atoms with Crippen molar-refractivity contribution < 1.29 is 30.8 Å². The van der Waals surface area contributed by atoms with Gasteiger partial charge < -0.3 is 21.2 Å². The Bertz CT molecular complexity index is 1290. The summed E-state index contributed by atoms with van der Waals surface area (Å²) in [6.07, 6.45) is 2.53. The Balaban J connectivity index is 0.00000204. The van der Waals surface area contributed by atoms with E-state index in [-0.39, 0.29) is 22.5 Å². The van der Waals surface area contributed by atoms with Crippen LogP contribution in [0.2, 0.25) is 0 Å². The molecular formula is C24H22N4O6. The van der Waals surface area contributed by atoms with Gasteiger partial charge in [0.2, 0.25) is 0 Å². The minimum Gasteiger partial charge on any atom is -0.507 e. The number of benzene rings is 4. The van der Waals surface area contributed by atoms with Crippen molar-refractivity contribution in [1.82, 2.24) is 10.9 Å². The lowest BCUT2D eigenvalue weighted by Crippen LogP contribution is -2.35. The number of carbonyl (C=O) groups excluding carboxylic acids is 2. The number of carbonyl (C=O) groups is 2. The lowest BCUT2D eigenvalue weighted by Gasteiger charge is -2.05. The van der Waals surface area contributed by atoms with Gasteiger partial charge in [-0.2, -0.15) is 10.2 Å². The molecule has 4 aromatic carbocycles. The van der Waals surface area contributed by atoms with Crippen molar-refractivity contribution in [3.05, 3.63) is 83.9 Å². The predicted octanol–water partition coefficient (Wildman–Crippen LogP) is 1.36. The number of hydrogen-bond acceptors (Lipinski definition) is 6. The Labute approximate surface area is 193 Å². The van der Waals surface area contributed by atoms with E-state index in [0.29, 0.717) is 11.1 Å². The van der Waals surface area contributed by atoms with Crippen molar-refractivity contribution in [3.63, 3.8) is 0 Å².